The number of amides is 3. The Labute approximate surface area is 153 Å². The van der Waals surface area contributed by atoms with E-state index in [4.69, 9.17) is 0 Å². The van der Waals surface area contributed by atoms with Crippen molar-refractivity contribution in [3.63, 3.8) is 0 Å². The molecular weight excluding hydrogens is 363 g/mol. The van der Waals surface area contributed by atoms with Crippen molar-refractivity contribution in [2.24, 2.45) is 0 Å². The SMILES string of the molecule is CC(C)NC(=O)Nc1cccc(C(=O)Nc2cccc(OC(F)(F)F)c2)c1. The summed E-state index contributed by atoms with van der Waals surface area (Å²) in [7, 11) is 0. The average molecular weight is 381 g/mol. The number of hydrogen-bond acceptors (Lipinski definition) is 3. The zero-order chi connectivity index (χ0) is 20.0. The number of alkyl halides is 3. The second-order valence-electron chi connectivity index (χ2n) is 5.86. The molecule has 0 bridgehead atoms. The highest BCUT2D eigenvalue weighted by Crippen LogP contribution is 2.25. The number of benzene rings is 2. The minimum absolute atomic E-state index is 0.0531. The summed E-state index contributed by atoms with van der Waals surface area (Å²) < 4.78 is 40.7. The Bertz CT molecular complexity index is 823. The van der Waals surface area contributed by atoms with Gasteiger partial charge in [-0.15, -0.1) is 13.2 Å². The number of anilines is 2. The number of ether oxygens (including phenoxy) is 1. The van der Waals surface area contributed by atoms with Crippen LogP contribution in [-0.2, 0) is 0 Å². The summed E-state index contributed by atoms with van der Waals surface area (Å²) in [5, 5.41) is 7.72. The standard InChI is InChI=1S/C18H18F3N3O3/c1-11(2)22-17(26)24-13-6-3-5-12(9-13)16(25)23-14-7-4-8-15(10-14)27-18(19,20)21/h3-11H,1-2H3,(H,23,25)(H2,22,24,26). The van der Waals surface area contributed by atoms with Crippen molar-refractivity contribution >= 4 is 23.3 Å². The van der Waals surface area contributed by atoms with Gasteiger partial charge < -0.3 is 20.7 Å². The minimum Gasteiger partial charge on any atom is -0.406 e. The minimum atomic E-state index is -4.82. The van der Waals surface area contributed by atoms with Crippen LogP contribution in [0, 0.1) is 0 Å². The van der Waals surface area contributed by atoms with Crippen LogP contribution in [0.1, 0.15) is 24.2 Å². The van der Waals surface area contributed by atoms with Crippen LogP contribution >= 0.6 is 0 Å². The van der Waals surface area contributed by atoms with Gasteiger partial charge in [-0.25, -0.2) is 4.79 Å². The molecule has 0 radical (unpaired) electrons. The van der Waals surface area contributed by atoms with E-state index in [1.165, 1.54) is 24.3 Å². The number of hydrogen-bond donors (Lipinski definition) is 3. The molecule has 0 atom stereocenters. The van der Waals surface area contributed by atoms with E-state index in [1.54, 1.807) is 26.0 Å². The zero-order valence-corrected chi connectivity index (χ0v) is 14.6. The summed E-state index contributed by atoms with van der Waals surface area (Å²) in [6, 6.07) is 10.6. The zero-order valence-electron chi connectivity index (χ0n) is 14.6. The third kappa shape index (κ3) is 6.89. The predicted molar refractivity (Wildman–Crippen MR) is 94.8 cm³/mol. The first-order valence-electron chi connectivity index (χ1n) is 7.97. The highest BCUT2D eigenvalue weighted by atomic mass is 19.4. The molecule has 0 unspecified atom stereocenters. The van der Waals surface area contributed by atoms with Crippen LogP contribution in [0.2, 0.25) is 0 Å². The van der Waals surface area contributed by atoms with Crippen LogP contribution in [-0.4, -0.2) is 24.3 Å². The van der Waals surface area contributed by atoms with E-state index in [1.807, 2.05) is 0 Å². The van der Waals surface area contributed by atoms with Crippen molar-refractivity contribution in [3.8, 4) is 5.75 Å². The Balaban J connectivity index is 2.07. The molecule has 2 aromatic carbocycles. The van der Waals surface area contributed by atoms with Crippen LogP contribution in [0.3, 0.4) is 0 Å². The van der Waals surface area contributed by atoms with Crippen LogP contribution in [0.25, 0.3) is 0 Å². The molecule has 27 heavy (non-hydrogen) atoms. The molecule has 0 aliphatic rings. The van der Waals surface area contributed by atoms with Gasteiger partial charge in [0.2, 0.25) is 0 Å². The summed E-state index contributed by atoms with van der Waals surface area (Å²) >= 11 is 0. The van der Waals surface area contributed by atoms with Crippen LogP contribution in [0.15, 0.2) is 48.5 Å². The first-order chi connectivity index (χ1) is 12.6. The topological polar surface area (TPSA) is 79.5 Å². The molecule has 144 valence electrons. The number of halogens is 3. The number of nitrogens with one attached hydrogen (secondary N) is 3. The van der Waals surface area contributed by atoms with E-state index >= 15 is 0 Å². The van der Waals surface area contributed by atoms with E-state index in [0.717, 1.165) is 12.1 Å². The third-order valence-electron chi connectivity index (χ3n) is 3.13. The Morgan fingerprint density at radius 1 is 0.963 bits per heavy atom. The number of carbonyl (C=O) groups is 2. The van der Waals surface area contributed by atoms with Gasteiger partial charge in [-0.05, 0) is 44.2 Å². The van der Waals surface area contributed by atoms with Gasteiger partial charge in [-0.2, -0.15) is 0 Å². The smallest absolute Gasteiger partial charge is 0.406 e. The second-order valence-corrected chi connectivity index (χ2v) is 5.86. The molecule has 0 heterocycles. The lowest BCUT2D eigenvalue weighted by Crippen LogP contribution is -2.34. The van der Waals surface area contributed by atoms with Crippen LogP contribution in [0.5, 0.6) is 5.75 Å². The molecule has 2 aromatic rings. The average Bonchev–Trinajstić information content (AvgIpc) is 2.53. The summed E-state index contributed by atoms with van der Waals surface area (Å²) in [6.45, 7) is 3.61. The van der Waals surface area contributed by atoms with E-state index in [0.29, 0.717) is 5.69 Å². The van der Waals surface area contributed by atoms with Gasteiger partial charge in [-0.1, -0.05) is 12.1 Å². The monoisotopic (exact) mass is 381 g/mol. The van der Waals surface area contributed by atoms with Gasteiger partial charge in [0, 0.05) is 29.0 Å². The van der Waals surface area contributed by atoms with Crippen molar-refractivity contribution in [2.75, 3.05) is 10.6 Å². The first-order valence-corrected chi connectivity index (χ1v) is 7.97. The van der Waals surface area contributed by atoms with Crippen molar-refractivity contribution in [3.05, 3.63) is 54.1 Å². The summed E-state index contributed by atoms with van der Waals surface area (Å²) in [6.07, 6.45) is -4.82. The molecule has 0 saturated heterocycles. The van der Waals surface area contributed by atoms with Gasteiger partial charge in [0.1, 0.15) is 5.75 Å². The van der Waals surface area contributed by atoms with Gasteiger partial charge in [0.05, 0.1) is 0 Å². The van der Waals surface area contributed by atoms with E-state index in [9.17, 15) is 22.8 Å². The van der Waals surface area contributed by atoms with Crippen LogP contribution < -0.4 is 20.7 Å². The summed E-state index contributed by atoms with van der Waals surface area (Å²) in [5.74, 6) is -0.992. The molecule has 0 spiro atoms. The second kappa shape index (κ2) is 8.43. The summed E-state index contributed by atoms with van der Waals surface area (Å²) in [5.41, 5.74) is 0.757. The first kappa shape index (κ1) is 20.1. The third-order valence-corrected chi connectivity index (χ3v) is 3.13. The Hall–Kier alpha value is -3.23. The van der Waals surface area contributed by atoms with Crippen molar-refractivity contribution in [1.82, 2.24) is 5.32 Å². The molecule has 0 saturated carbocycles. The molecule has 0 aliphatic carbocycles. The fourth-order valence-corrected chi connectivity index (χ4v) is 2.14. The molecule has 3 amide bonds. The summed E-state index contributed by atoms with van der Waals surface area (Å²) in [4.78, 5) is 24.0. The van der Waals surface area contributed by atoms with E-state index in [-0.39, 0.29) is 17.3 Å². The van der Waals surface area contributed by atoms with E-state index in [2.05, 4.69) is 20.7 Å². The van der Waals surface area contributed by atoms with Crippen molar-refractivity contribution < 1.29 is 27.5 Å². The maximum absolute atomic E-state index is 12.3. The Morgan fingerprint density at radius 2 is 1.59 bits per heavy atom. The molecular formula is C18H18F3N3O3. The molecule has 0 fully saturated rings. The maximum Gasteiger partial charge on any atom is 0.573 e. The number of rotatable bonds is 5. The Kier molecular flexibility index (Phi) is 6.27. The van der Waals surface area contributed by atoms with Gasteiger partial charge in [-0.3, -0.25) is 4.79 Å². The maximum atomic E-state index is 12.3. The van der Waals surface area contributed by atoms with Gasteiger partial charge in [0.15, 0.2) is 0 Å². The lowest BCUT2D eigenvalue weighted by Gasteiger charge is -2.12. The Morgan fingerprint density at radius 3 is 2.22 bits per heavy atom. The van der Waals surface area contributed by atoms with Crippen molar-refractivity contribution in [2.45, 2.75) is 26.3 Å². The fraction of sp³-hybridized carbons (Fsp3) is 0.222. The quantitative estimate of drug-likeness (QED) is 0.720. The normalized spacial score (nSPS) is 11.0. The number of carbonyl (C=O) groups excluding carboxylic acids is 2. The molecule has 9 heteroatoms. The lowest BCUT2D eigenvalue weighted by molar-refractivity contribution is -0.274. The molecule has 2 rings (SSSR count). The molecule has 3 N–H and O–H groups in total. The molecule has 0 aromatic heterocycles. The molecule has 0 aliphatic heterocycles. The molecule has 6 nitrogen and oxygen atoms in total. The van der Waals surface area contributed by atoms with Crippen molar-refractivity contribution in [1.29, 1.82) is 0 Å². The highest BCUT2D eigenvalue weighted by molar-refractivity contribution is 6.05. The largest absolute Gasteiger partial charge is 0.573 e. The predicted octanol–water partition coefficient (Wildman–Crippen LogP) is 4.37. The van der Waals surface area contributed by atoms with Gasteiger partial charge in [0.25, 0.3) is 5.91 Å². The highest BCUT2D eigenvalue weighted by Gasteiger charge is 2.31. The fourth-order valence-electron chi connectivity index (χ4n) is 2.14. The van der Waals surface area contributed by atoms with Crippen LogP contribution in [0.4, 0.5) is 29.3 Å². The van der Waals surface area contributed by atoms with E-state index < -0.39 is 24.1 Å². The number of urea groups is 1. The van der Waals surface area contributed by atoms with Gasteiger partial charge >= 0.3 is 12.4 Å². The lowest BCUT2D eigenvalue weighted by atomic mass is 10.2.